The average molecular weight is 493 g/mol. The van der Waals surface area contributed by atoms with E-state index < -0.39 is 6.09 Å². The molecule has 1 aliphatic rings. The molecule has 1 atom stereocenters. The maximum atomic E-state index is 13.5. The van der Waals surface area contributed by atoms with Crippen LogP contribution < -0.4 is 20.9 Å². The minimum atomic E-state index is -0.463. The number of pyridine rings is 2. The Kier molecular flexibility index (Phi) is 8.28. The molecule has 1 aliphatic heterocycles. The maximum Gasteiger partial charge on any atom is 0.407 e. The number of alkyl carbamates (subject to hydrolysis) is 1. The minimum absolute atomic E-state index is 0.0499. The zero-order valence-electron chi connectivity index (χ0n) is 20.0. The number of methoxy groups -OCH3 is 1. The summed E-state index contributed by atoms with van der Waals surface area (Å²) in [5.74, 6) is 0.586. The summed E-state index contributed by atoms with van der Waals surface area (Å²) in [4.78, 5) is 35.4. The van der Waals surface area contributed by atoms with Crippen molar-refractivity contribution in [2.45, 2.75) is 25.4 Å². The molecule has 36 heavy (non-hydrogen) atoms. The number of carbonyl (C=O) groups excluding carboxylic acids is 2. The van der Waals surface area contributed by atoms with Crippen LogP contribution in [-0.4, -0.2) is 54.8 Å². The van der Waals surface area contributed by atoms with Crippen molar-refractivity contribution in [3.05, 3.63) is 83.4 Å². The number of benzene rings is 1. The lowest BCUT2D eigenvalue weighted by molar-refractivity contribution is 0.0951. The molecule has 4 rings (SSSR count). The van der Waals surface area contributed by atoms with Gasteiger partial charge in [0, 0.05) is 38.6 Å². The normalized spacial score (nSPS) is 14.8. The number of aromatic nitrogens is 2. The van der Waals surface area contributed by atoms with Crippen LogP contribution in [0, 0.1) is 5.82 Å². The highest BCUT2D eigenvalue weighted by molar-refractivity contribution is 5.99. The lowest BCUT2D eigenvalue weighted by Gasteiger charge is -2.20. The molecule has 2 amide bonds. The second-order valence-electron chi connectivity index (χ2n) is 8.48. The number of hydrogen-bond donors (Lipinski definition) is 3. The molecule has 3 aromatic rings. The Labute approximate surface area is 209 Å². The van der Waals surface area contributed by atoms with Crippen molar-refractivity contribution >= 4 is 23.6 Å². The van der Waals surface area contributed by atoms with E-state index >= 15 is 0 Å². The first-order valence-corrected chi connectivity index (χ1v) is 11.8. The lowest BCUT2D eigenvalue weighted by atomic mass is 10.1. The zero-order valence-corrected chi connectivity index (χ0v) is 20.0. The van der Waals surface area contributed by atoms with Crippen molar-refractivity contribution in [3.63, 3.8) is 0 Å². The highest BCUT2D eigenvalue weighted by atomic mass is 19.1. The summed E-state index contributed by atoms with van der Waals surface area (Å²) < 4.78 is 18.2. The summed E-state index contributed by atoms with van der Waals surface area (Å²) in [7, 11) is 1.34. The minimum Gasteiger partial charge on any atom is -0.453 e. The maximum absolute atomic E-state index is 13.5. The van der Waals surface area contributed by atoms with Crippen molar-refractivity contribution in [2.24, 2.45) is 0 Å². The van der Waals surface area contributed by atoms with Crippen molar-refractivity contribution in [1.29, 1.82) is 0 Å². The van der Waals surface area contributed by atoms with Crippen molar-refractivity contribution in [1.82, 2.24) is 20.6 Å². The van der Waals surface area contributed by atoms with Gasteiger partial charge in [-0.3, -0.25) is 9.78 Å². The van der Waals surface area contributed by atoms with Crippen molar-refractivity contribution in [2.75, 3.05) is 37.0 Å². The van der Waals surface area contributed by atoms with Crippen LogP contribution in [-0.2, 0) is 17.7 Å². The van der Waals surface area contributed by atoms with Gasteiger partial charge in [-0.1, -0.05) is 18.2 Å². The summed E-state index contributed by atoms with van der Waals surface area (Å²) in [6, 6.07) is 13.6. The SMILES string of the molecule is COC(=O)N[C@H]1CCN(c2ccc(C(=O)NCc3cccnc3)c(NCCc3cccc(F)c3)n2)C1. The van der Waals surface area contributed by atoms with Crippen LogP contribution in [0.5, 0.6) is 0 Å². The fraction of sp³-hybridized carbons (Fsp3) is 0.308. The van der Waals surface area contributed by atoms with E-state index in [1.54, 1.807) is 30.6 Å². The van der Waals surface area contributed by atoms with Gasteiger partial charge in [0.05, 0.1) is 18.7 Å². The van der Waals surface area contributed by atoms with E-state index in [9.17, 15) is 14.0 Å². The van der Waals surface area contributed by atoms with Crippen LogP contribution in [0.3, 0.4) is 0 Å². The van der Waals surface area contributed by atoms with E-state index in [0.717, 1.165) is 17.5 Å². The van der Waals surface area contributed by atoms with Gasteiger partial charge in [-0.15, -0.1) is 0 Å². The molecule has 1 aromatic carbocycles. The molecule has 1 saturated heterocycles. The number of rotatable bonds is 9. The molecule has 1 fully saturated rings. The Morgan fingerprint density at radius 2 is 2.03 bits per heavy atom. The number of nitrogens with one attached hydrogen (secondary N) is 3. The molecule has 0 radical (unpaired) electrons. The molecule has 3 N–H and O–H groups in total. The Bertz CT molecular complexity index is 1190. The van der Waals surface area contributed by atoms with E-state index in [4.69, 9.17) is 9.72 Å². The van der Waals surface area contributed by atoms with Gasteiger partial charge in [0.25, 0.3) is 5.91 Å². The number of ether oxygens (including phenoxy) is 1. The van der Waals surface area contributed by atoms with Crippen LogP contribution in [0.15, 0.2) is 60.9 Å². The number of amides is 2. The Hall–Kier alpha value is -4.21. The van der Waals surface area contributed by atoms with Gasteiger partial charge in [0.15, 0.2) is 0 Å². The van der Waals surface area contributed by atoms with Crippen molar-refractivity contribution in [3.8, 4) is 0 Å². The summed E-state index contributed by atoms with van der Waals surface area (Å²) in [5.41, 5.74) is 2.14. The molecule has 0 saturated carbocycles. The first-order valence-electron chi connectivity index (χ1n) is 11.8. The quantitative estimate of drug-likeness (QED) is 0.421. The third-order valence-electron chi connectivity index (χ3n) is 5.92. The van der Waals surface area contributed by atoms with E-state index in [0.29, 0.717) is 49.8 Å². The zero-order chi connectivity index (χ0) is 25.3. The molecule has 0 spiro atoms. The third kappa shape index (κ3) is 6.68. The molecule has 0 unspecified atom stereocenters. The molecule has 10 heteroatoms. The van der Waals surface area contributed by atoms with E-state index in [1.807, 2.05) is 18.2 Å². The number of carbonyl (C=O) groups is 2. The summed E-state index contributed by atoms with van der Waals surface area (Å²) in [6.45, 7) is 2.09. The van der Waals surface area contributed by atoms with Gasteiger partial charge < -0.3 is 25.6 Å². The van der Waals surface area contributed by atoms with Gasteiger partial charge >= 0.3 is 6.09 Å². The smallest absolute Gasteiger partial charge is 0.407 e. The van der Waals surface area contributed by atoms with E-state index in [1.165, 1.54) is 19.2 Å². The van der Waals surface area contributed by atoms with Gasteiger partial charge in [-0.2, -0.15) is 0 Å². The summed E-state index contributed by atoms with van der Waals surface area (Å²) in [6.07, 6.45) is 4.24. The predicted octanol–water partition coefficient (Wildman–Crippen LogP) is 3.14. The summed E-state index contributed by atoms with van der Waals surface area (Å²) >= 11 is 0. The number of nitrogens with zero attached hydrogens (tertiary/aromatic N) is 3. The first kappa shape index (κ1) is 24.9. The Balaban J connectivity index is 1.48. The number of halogens is 1. The van der Waals surface area contributed by atoms with Gasteiger partial charge in [-0.25, -0.2) is 14.2 Å². The monoisotopic (exact) mass is 492 g/mol. The molecule has 2 aromatic heterocycles. The summed E-state index contributed by atoms with van der Waals surface area (Å²) in [5, 5.41) is 8.98. The topological polar surface area (TPSA) is 108 Å². The van der Waals surface area contributed by atoms with Gasteiger partial charge in [0.2, 0.25) is 0 Å². The predicted molar refractivity (Wildman–Crippen MR) is 134 cm³/mol. The molecule has 3 heterocycles. The van der Waals surface area contributed by atoms with Crippen LogP contribution in [0.4, 0.5) is 20.8 Å². The number of hydrogen-bond acceptors (Lipinski definition) is 7. The highest BCUT2D eigenvalue weighted by Crippen LogP contribution is 2.23. The fourth-order valence-electron chi connectivity index (χ4n) is 4.05. The molecular weight excluding hydrogens is 463 g/mol. The van der Waals surface area contributed by atoms with Crippen LogP contribution in [0.2, 0.25) is 0 Å². The second-order valence-corrected chi connectivity index (χ2v) is 8.48. The number of anilines is 2. The Morgan fingerprint density at radius 1 is 1.17 bits per heavy atom. The molecule has 188 valence electrons. The lowest BCUT2D eigenvalue weighted by Crippen LogP contribution is -2.37. The molecule has 0 aliphatic carbocycles. The Morgan fingerprint density at radius 3 is 2.81 bits per heavy atom. The standard InChI is InChI=1S/C26H29FN6O3/c1-36-26(35)31-21-10-13-33(17-21)23-8-7-22(25(34)30-16-19-5-3-11-28-15-19)24(32-23)29-12-9-18-4-2-6-20(27)14-18/h2-8,11,14-15,21H,9-10,12-13,16-17H2,1H3,(H,29,32)(H,30,34)(H,31,35)/t21-/m0/s1. The third-order valence-corrected chi connectivity index (χ3v) is 5.92. The van der Waals surface area contributed by atoms with Crippen LogP contribution in [0.25, 0.3) is 0 Å². The highest BCUT2D eigenvalue weighted by Gasteiger charge is 2.26. The molecule has 0 bridgehead atoms. The fourth-order valence-corrected chi connectivity index (χ4v) is 4.05. The van der Waals surface area contributed by atoms with E-state index in [2.05, 4.69) is 25.8 Å². The second kappa shape index (κ2) is 12.0. The average Bonchev–Trinajstić information content (AvgIpc) is 3.36. The van der Waals surface area contributed by atoms with E-state index in [-0.39, 0.29) is 17.8 Å². The molecular formula is C26H29FN6O3. The largest absolute Gasteiger partial charge is 0.453 e. The van der Waals surface area contributed by atoms with Crippen LogP contribution in [0.1, 0.15) is 27.9 Å². The van der Waals surface area contributed by atoms with Gasteiger partial charge in [-0.05, 0) is 54.3 Å². The van der Waals surface area contributed by atoms with Crippen molar-refractivity contribution < 1.29 is 18.7 Å². The molecule has 9 nitrogen and oxygen atoms in total. The van der Waals surface area contributed by atoms with Gasteiger partial charge in [0.1, 0.15) is 17.5 Å². The first-order chi connectivity index (χ1) is 17.5. The van der Waals surface area contributed by atoms with Crippen LogP contribution >= 0.6 is 0 Å².